The minimum atomic E-state index is -3.60. The van der Waals surface area contributed by atoms with Gasteiger partial charge < -0.3 is 5.32 Å². The highest BCUT2D eigenvalue weighted by atomic mass is 32.2. The van der Waals surface area contributed by atoms with Crippen molar-refractivity contribution in [1.82, 2.24) is 5.32 Å². The molecule has 0 bridgehead atoms. The summed E-state index contributed by atoms with van der Waals surface area (Å²) in [4.78, 5) is 12.7. The van der Waals surface area contributed by atoms with Crippen LogP contribution in [-0.2, 0) is 21.2 Å². The molecule has 2 aromatic carbocycles. The van der Waals surface area contributed by atoms with Gasteiger partial charge in [0.25, 0.3) is 0 Å². The minimum Gasteiger partial charge on any atom is -0.352 e. The summed E-state index contributed by atoms with van der Waals surface area (Å²) < 4.78 is 25.8. The predicted molar refractivity (Wildman–Crippen MR) is 110 cm³/mol. The molecule has 2 aromatic rings. The molecule has 0 aliphatic rings. The second-order valence-electron chi connectivity index (χ2n) is 7.01. The molecule has 2 rings (SSSR count). The van der Waals surface area contributed by atoms with Crippen LogP contribution in [0.2, 0.25) is 0 Å². The third-order valence-corrected chi connectivity index (χ3v) is 5.68. The molecular weight excluding hydrogens is 360 g/mol. The van der Waals surface area contributed by atoms with Gasteiger partial charge in [0.15, 0.2) is 0 Å². The first-order valence-electron chi connectivity index (χ1n) is 9.09. The van der Waals surface area contributed by atoms with Gasteiger partial charge in [-0.15, -0.1) is 0 Å². The molecule has 0 aliphatic carbocycles. The standard InChI is InChI=1S/C21H28N2O3S/c1-16-9-8-12-20(15-16)23(27(4,25)26)18(3)21(24)22-17(2)13-14-19-10-6-5-7-11-19/h5-12,15,17-18H,13-14H2,1-4H3,(H,22,24). The van der Waals surface area contributed by atoms with Crippen molar-refractivity contribution in [1.29, 1.82) is 0 Å². The van der Waals surface area contributed by atoms with E-state index in [1.54, 1.807) is 25.1 Å². The van der Waals surface area contributed by atoms with Gasteiger partial charge in [0.2, 0.25) is 15.9 Å². The van der Waals surface area contributed by atoms with Gasteiger partial charge in [-0.05, 0) is 56.9 Å². The summed E-state index contributed by atoms with van der Waals surface area (Å²) in [6.45, 7) is 5.44. The van der Waals surface area contributed by atoms with E-state index in [2.05, 4.69) is 17.4 Å². The van der Waals surface area contributed by atoms with E-state index in [0.717, 1.165) is 24.7 Å². The van der Waals surface area contributed by atoms with Crippen LogP contribution >= 0.6 is 0 Å². The molecule has 6 heteroatoms. The van der Waals surface area contributed by atoms with E-state index in [-0.39, 0.29) is 11.9 Å². The molecule has 0 heterocycles. The van der Waals surface area contributed by atoms with E-state index in [1.165, 1.54) is 9.87 Å². The molecule has 0 radical (unpaired) electrons. The molecular formula is C21H28N2O3S. The largest absolute Gasteiger partial charge is 0.352 e. The van der Waals surface area contributed by atoms with E-state index in [9.17, 15) is 13.2 Å². The van der Waals surface area contributed by atoms with Crippen LogP contribution in [-0.4, -0.2) is 32.7 Å². The van der Waals surface area contributed by atoms with Crippen LogP contribution in [0.15, 0.2) is 54.6 Å². The average Bonchev–Trinajstić information content (AvgIpc) is 2.60. The predicted octanol–water partition coefficient (Wildman–Crippen LogP) is 3.29. The highest BCUT2D eigenvalue weighted by molar-refractivity contribution is 7.92. The number of sulfonamides is 1. The average molecular weight is 389 g/mol. The first-order valence-corrected chi connectivity index (χ1v) is 10.9. The number of benzene rings is 2. The Morgan fingerprint density at radius 2 is 1.74 bits per heavy atom. The molecule has 5 nitrogen and oxygen atoms in total. The third kappa shape index (κ3) is 6.10. The zero-order chi connectivity index (χ0) is 20.0. The van der Waals surface area contributed by atoms with Crippen LogP contribution in [0.3, 0.4) is 0 Å². The molecule has 2 unspecified atom stereocenters. The molecule has 0 aromatic heterocycles. The van der Waals surface area contributed by atoms with Gasteiger partial charge in [-0.2, -0.15) is 0 Å². The maximum absolute atomic E-state index is 12.7. The molecule has 0 saturated heterocycles. The topological polar surface area (TPSA) is 66.5 Å². The van der Waals surface area contributed by atoms with Crippen molar-refractivity contribution < 1.29 is 13.2 Å². The number of aryl methyl sites for hydroxylation is 2. The Labute approximate surface area is 162 Å². The first kappa shape index (κ1) is 21.0. The molecule has 27 heavy (non-hydrogen) atoms. The summed E-state index contributed by atoms with van der Waals surface area (Å²) in [5.74, 6) is -0.303. The molecule has 0 aliphatic heterocycles. The van der Waals surface area contributed by atoms with Crippen molar-refractivity contribution in [3.8, 4) is 0 Å². The minimum absolute atomic E-state index is 0.0564. The fourth-order valence-corrected chi connectivity index (χ4v) is 4.20. The van der Waals surface area contributed by atoms with E-state index in [0.29, 0.717) is 5.69 Å². The molecule has 0 spiro atoms. The summed E-state index contributed by atoms with van der Waals surface area (Å²) >= 11 is 0. The van der Waals surface area contributed by atoms with E-state index in [4.69, 9.17) is 0 Å². The van der Waals surface area contributed by atoms with Crippen LogP contribution in [0.4, 0.5) is 5.69 Å². The van der Waals surface area contributed by atoms with Gasteiger partial charge in [-0.1, -0.05) is 42.5 Å². The van der Waals surface area contributed by atoms with E-state index < -0.39 is 16.1 Å². The Kier molecular flexibility index (Phi) is 7.02. The van der Waals surface area contributed by atoms with E-state index >= 15 is 0 Å². The van der Waals surface area contributed by atoms with Gasteiger partial charge in [-0.3, -0.25) is 9.10 Å². The lowest BCUT2D eigenvalue weighted by atomic mass is 10.1. The van der Waals surface area contributed by atoms with Crippen molar-refractivity contribution in [3.63, 3.8) is 0 Å². The summed E-state index contributed by atoms with van der Waals surface area (Å²) in [5.41, 5.74) is 2.64. The Bertz CT molecular complexity index is 866. The van der Waals surface area contributed by atoms with Crippen molar-refractivity contribution in [2.24, 2.45) is 0 Å². The number of anilines is 1. The fraction of sp³-hybridized carbons (Fsp3) is 0.381. The number of amides is 1. The Morgan fingerprint density at radius 3 is 2.33 bits per heavy atom. The summed E-state index contributed by atoms with van der Waals surface area (Å²) in [7, 11) is -3.60. The SMILES string of the molecule is Cc1cccc(N(C(C)C(=O)NC(C)CCc2ccccc2)S(C)(=O)=O)c1. The van der Waals surface area contributed by atoms with Gasteiger partial charge in [0.1, 0.15) is 6.04 Å². The monoisotopic (exact) mass is 388 g/mol. The molecule has 1 amide bonds. The van der Waals surface area contributed by atoms with Gasteiger partial charge in [0, 0.05) is 6.04 Å². The lowest BCUT2D eigenvalue weighted by Gasteiger charge is -2.29. The Hall–Kier alpha value is -2.34. The number of carbonyl (C=O) groups is 1. The molecule has 1 N–H and O–H groups in total. The Balaban J connectivity index is 2.06. The van der Waals surface area contributed by atoms with Crippen LogP contribution in [0, 0.1) is 6.92 Å². The quantitative estimate of drug-likeness (QED) is 0.755. The summed E-state index contributed by atoms with van der Waals surface area (Å²) in [6, 6.07) is 16.3. The van der Waals surface area contributed by atoms with Crippen LogP contribution in [0.5, 0.6) is 0 Å². The smallest absolute Gasteiger partial charge is 0.243 e. The maximum Gasteiger partial charge on any atom is 0.243 e. The number of carbonyl (C=O) groups excluding carboxylic acids is 1. The first-order chi connectivity index (χ1) is 12.7. The number of hydrogen-bond acceptors (Lipinski definition) is 3. The van der Waals surface area contributed by atoms with Crippen molar-refractivity contribution in [3.05, 3.63) is 65.7 Å². The maximum atomic E-state index is 12.7. The zero-order valence-corrected chi connectivity index (χ0v) is 17.2. The van der Waals surface area contributed by atoms with Crippen LogP contribution in [0.25, 0.3) is 0 Å². The van der Waals surface area contributed by atoms with Crippen molar-refractivity contribution in [2.75, 3.05) is 10.6 Å². The van der Waals surface area contributed by atoms with Crippen molar-refractivity contribution >= 4 is 21.6 Å². The normalized spacial score (nSPS) is 13.6. The summed E-state index contributed by atoms with van der Waals surface area (Å²) in [6.07, 6.45) is 2.76. The Morgan fingerprint density at radius 1 is 1.07 bits per heavy atom. The third-order valence-electron chi connectivity index (χ3n) is 4.44. The molecule has 146 valence electrons. The van der Waals surface area contributed by atoms with Crippen molar-refractivity contribution in [2.45, 2.75) is 45.7 Å². The molecule has 2 atom stereocenters. The zero-order valence-electron chi connectivity index (χ0n) is 16.3. The van der Waals surface area contributed by atoms with Gasteiger partial charge in [-0.25, -0.2) is 8.42 Å². The number of rotatable bonds is 8. The summed E-state index contributed by atoms with van der Waals surface area (Å²) in [5, 5.41) is 2.94. The lowest BCUT2D eigenvalue weighted by Crippen LogP contribution is -2.50. The van der Waals surface area contributed by atoms with Crippen LogP contribution in [0.1, 0.15) is 31.4 Å². The molecule has 0 saturated carbocycles. The van der Waals surface area contributed by atoms with Crippen LogP contribution < -0.4 is 9.62 Å². The number of nitrogens with zero attached hydrogens (tertiary/aromatic N) is 1. The molecule has 0 fully saturated rings. The van der Waals surface area contributed by atoms with Gasteiger partial charge in [0.05, 0.1) is 11.9 Å². The highest BCUT2D eigenvalue weighted by Crippen LogP contribution is 2.22. The fourth-order valence-electron chi connectivity index (χ4n) is 3.04. The highest BCUT2D eigenvalue weighted by Gasteiger charge is 2.29. The second-order valence-corrected chi connectivity index (χ2v) is 8.87. The number of hydrogen-bond donors (Lipinski definition) is 1. The second kappa shape index (κ2) is 9.04. The lowest BCUT2D eigenvalue weighted by molar-refractivity contribution is -0.122. The van der Waals surface area contributed by atoms with Gasteiger partial charge >= 0.3 is 0 Å². The number of nitrogens with one attached hydrogen (secondary N) is 1. The van der Waals surface area contributed by atoms with E-state index in [1.807, 2.05) is 38.1 Å².